The van der Waals surface area contributed by atoms with Crippen LogP contribution >= 0.6 is 0 Å². The van der Waals surface area contributed by atoms with E-state index in [0.29, 0.717) is 5.41 Å². The number of carbonyl (C=O) groups is 1. The average Bonchev–Trinajstić information content (AvgIpc) is 2.03. The first kappa shape index (κ1) is 9.24. The summed E-state index contributed by atoms with van der Waals surface area (Å²) in [5.74, 6) is 0. The summed E-state index contributed by atoms with van der Waals surface area (Å²) in [5, 5.41) is 0. The zero-order valence-corrected chi connectivity index (χ0v) is 7.84. The van der Waals surface area contributed by atoms with Gasteiger partial charge in [-0.15, -0.1) is 0 Å². The molecular formula is C11H16O. The summed E-state index contributed by atoms with van der Waals surface area (Å²) < 4.78 is 0. The quantitative estimate of drug-likeness (QED) is 0.453. The summed E-state index contributed by atoms with van der Waals surface area (Å²) in [5.41, 5.74) is 1.76. The fourth-order valence-corrected chi connectivity index (χ4v) is 1.41. The number of carbonyl (C=O) groups excluding carboxylic acids is 1. The second-order valence-corrected chi connectivity index (χ2v) is 4.14. The fraction of sp³-hybridized carbons (Fsp3) is 0.545. The molecule has 1 heteroatoms. The maximum atomic E-state index is 10.1. The van der Waals surface area contributed by atoms with Gasteiger partial charge < -0.3 is 0 Å². The van der Waals surface area contributed by atoms with Crippen LogP contribution in [0.1, 0.15) is 33.1 Å². The van der Waals surface area contributed by atoms with E-state index in [0.717, 1.165) is 19.1 Å². The maximum absolute atomic E-state index is 10.1. The molecule has 0 aromatic rings. The van der Waals surface area contributed by atoms with E-state index in [1.807, 2.05) is 6.08 Å². The number of allylic oxidation sites excluding steroid dienone is 4. The number of hydrogen-bond acceptors (Lipinski definition) is 1. The van der Waals surface area contributed by atoms with Crippen LogP contribution in [0.15, 0.2) is 23.8 Å². The lowest BCUT2D eigenvalue weighted by molar-refractivity contribution is -0.104. The minimum atomic E-state index is 0.457. The highest BCUT2D eigenvalue weighted by atomic mass is 16.1. The average molecular weight is 164 g/mol. The first-order valence-electron chi connectivity index (χ1n) is 4.45. The molecule has 0 aromatic carbocycles. The van der Waals surface area contributed by atoms with E-state index in [4.69, 9.17) is 0 Å². The third kappa shape index (κ3) is 2.65. The molecule has 0 bridgehead atoms. The molecule has 0 saturated carbocycles. The molecule has 0 unspecified atom stereocenters. The highest BCUT2D eigenvalue weighted by molar-refractivity contribution is 5.65. The van der Waals surface area contributed by atoms with E-state index in [1.165, 1.54) is 12.0 Å². The molecule has 0 aromatic heterocycles. The summed E-state index contributed by atoms with van der Waals surface area (Å²) >= 11 is 0. The molecule has 0 heterocycles. The van der Waals surface area contributed by atoms with Crippen LogP contribution in [-0.4, -0.2) is 6.29 Å². The molecule has 66 valence electrons. The monoisotopic (exact) mass is 164 g/mol. The van der Waals surface area contributed by atoms with E-state index in [1.54, 1.807) is 6.08 Å². The number of aldehydes is 1. The van der Waals surface area contributed by atoms with Gasteiger partial charge in [0.05, 0.1) is 0 Å². The standard InChI is InChI=1S/C11H16O/c1-11(2)7-5-10(6-8-11)4-3-9-12/h3-5,9H,6-8H2,1-2H3/b4-3+. The molecule has 0 spiro atoms. The Morgan fingerprint density at radius 3 is 2.75 bits per heavy atom. The molecule has 1 aliphatic rings. The molecule has 0 saturated heterocycles. The van der Waals surface area contributed by atoms with Crippen LogP contribution in [0, 0.1) is 5.41 Å². The van der Waals surface area contributed by atoms with Crippen molar-refractivity contribution >= 4 is 6.29 Å². The van der Waals surface area contributed by atoms with Gasteiger partial charge in [0, 0.05) is 0 Å². The lowest BCUT2D eigenvalue weighted by atomic mass is 9.78. The van der Waals surface area contributed by atoms with Crippen molar-refractivity contribution in [2.75, 3.05) is 0 Å². The molecule has 0 amide bonds. The predicted molar refractivity (Wildman–Crippen MR) is 50.9 cm³/mol. The van der Waals surface area contributed by atoms with Crippen molar-refractivity contribution in [2.45, 2.75) is 33.1 Å². The summed E-state index contributed by atoms with van der Waals surface area (Å²) in [7, 11) is 0. The van der Waals surface area contributed by atoms with Gasteiger partial charge in [-0.05, 0) is 30.8 Å². The van der Waals surface area contributed by atoms with Crippen LogP contribution in [0.3, 0.4) is 0 Å². The van der Waals surface area contributed by atoms with Crippen molar-refractivity contribution in [3.8, 4) is 0 Å². The molecule has 0 radical (unpaired) electrons. The normalized spacial score (nSPS) is 22.3. The first-order chi connectivity index (χ1) is 5.64. The van der Waals surface area contributed by atoms with E-state index in [9.17, 15) is 4.79 Å². The minimum Gasteiger partial charge on any atom is -0.299 e. The highest BCUT2D eigenvalue weighted by Gasteiger charge is 2.19. The van der Waals surface area contributed by atoms with Crippen molar-refractivity contribution in [2.24, 2.45) is 5.41 Å². The molecule has 1 rings (SSSR count). The summed E-state index contributed by atoms with van der Waals surface area (Å²) in [6, 6.07) is 0. The Balaban J connectivity index is 2.56. The number of rotatable bonds is 2. The Labute approximate surface area is 74.2 Å². The lowest BCUT2D eigenvalue weighted by Gasteiger charge is -2.27. The second-order valence-electron chi connectivity index (χ2n) is 4.14. The third-order valence-electron chi connectivity index (χ3n) is 2.40. The van der Waals surface area contributed by atoms with Gasteiger partial charge in [-0.1, -0.05) is 31.6 Å². The Kier molecular flexibility index (Phi) is 2.85. The second kappa shape index (κ2) is 3.70. The smallest absolute Gasteiger partial charge is 0.142 e. The number of hydrogen-bond donors (Lipinski definition) is 0. The van der Waals surface area contributed by atoms with Crippen LogP contribution in [-0.2, 0) is 4.79 Å². The van der Waals surface area contributed by atoms with Gasteiger partial charge in [0.25, 0.3) is 0 Å². The van der Waals surface area contributed by atoms with Gasteiger partial charge >= 0.3 is 0 Å². The van der Waals surface area contributed by atoms with Gasteiger partial charge in [0.1, 0.15) is 6.29 Å². The zero-order valence-electron chi connectivity index (χ0n) is 7.84. The van der Waals surface area contributed by atoms with Gasteiger partial charge in [-0.2, -0.15) is 0 Å². The van der Waals surface area contributed by atoms with Crippen LogP contribution in [0.25, 0.3) is 0 Å². The van der Waals surface area contributed by atoms with E-state index in [2.05, 4.69) is 19.9 Å². The van der Waals surface area contributed by atoms with Crippen LogP contribution in [0.5, 0.6) is 0 Å². The molecule has 0 fully saturated rings. The molecular weight excluding hydrogens is 148 g/mol. The molecule has 12 heavy (non-hydrogen) atoms. The van der Waals surface area contributed by atoms with E-state index >= 15 is 0 Å². The van der Waals surface area contributed by atoms with Crippen molar-refractivity contribution in [1.29, 1.82) is 0 Å². The van der Waals surface area contributed by atoms with Crippen LogP contribution in [0.2, 0.25) is 0 Å². The first-order valence-corrected chi connectivity index (χ1v) is 4.45. The Bertz CT molecular complexity index is 221. The molecule has 1 aliphatic carbocycles. The van der Waals surface area contributed by atoms with Crippen LogP contribution in [0.4, 0.5) is 0 Å². The third-order valence-corrected chi connectivity index (χ3v) is 2.40. The Hall–Kier alpha value is -0.850. The largest absolute Gasteiger partial charge is 0.299 e. The zero-order chi connectivity index (χ0) is 9.03. The van der Waals surface area contributed by atoms with Gasteiger partial charge in [-0.25, -0.2) is 0 Å². The fourth-order valence-electron chi connectivity index (χ4n) is 1.41. The summed E-state index contributed by atoms with van der Waals surface area (Å²) in [6.45, 7) is 4.56. The van der Waals surface area contributed by atoms with Crippen molar-refractivity contribution in [1.82, 2.24) is 0 Å². The maximum Gasteiger partial charge on any atom is 0.142 e. The summed E-state index contributed by atoms with van der Waals surface area (Å²) in [4.78, 5) is 10.1. The molecule has 0 aliphatic heterocycles. The lowest BCUT2D eigenvalue weighted by Crippen LogP contribution is -2.13. The molecule has 1 nitrogen and oxygen atoms in total. The van der Waals surface area contributed by atoms with Gasteiger partial charge in [-0.3, -0.25) is 4.79 Å². The van der Waals surface area contributed by atoms with E-state index in [-0.39, 0.29) is 0 Å². The van der Waals surface area contributed by atoms with Gasteiger partial charge in [0.15, 0.2) is 0 Å². The highest BCUT2D eigenvalue weighted by Crippen LogP contribution is 2.34. The topological polar surface area (TPSA) is 17.1 Å². The van der Waals surface area contributed by atoms with Crippen molar-refractivity contribution < 1.29 is 4.79 Å². The Morgan fingerprint density at radius 1 is 1.50 bits per heavy atom. The molecule has 0 N–H and O–H groups in total. The Morgan fingerprint density at radius 2 is 2.25 bits per heavy atom. The van der Waals surface area contributed by atoms with Crippen LogP contribution < -0.4 is 0 Å². The summed E-state index contributed by atoms with van der Waals surface area (Å²) in [6.07, 6.45) is 10.0. The predicted octanol–water partition coefficient (Wildman–Crippen LogP) is 2.88. The minimum absolute atomic E-state index is 0.457. The van der Waals surface area contributed by atoms with Crippen molar-refractivity contribution in [3.63, 3.8) is 0 Å². The SMILES string of the molecule is CC1(C)CC=C(/C=C/C=O)CC1. The van der Waals surface area contributed by atoms with Crippen molar-refractivity contribution in [3.05, 3.63) is 23.8 Å². The van der Waals surface area contributed by atoms with Gasteiger partial charge in [0.2, 0.25) is 0 Å². The molecule has 0 atom stereocenters. The van der Waals surface area contributed by atoms with E-state index < -0.39 is 0 Å².